The van der Waals surface area contributed by atoms with Gasteiger partial charge in [0.25, 0.3) is 0 Å². The predicted molar refractivity (Wildman–Crippen MR) is 140 cm³/mol. The van der Waals surface area contributed by atoms with Gasteiger partial charge in [0, 0.05) is 16.5 Å². The Bertz CT molecular complexity index is 1600. The number of hydrogen-bond acceptors (Lipinski definition) is 2. The standard InChI is InChI=1S/C31H23F3N2O/c32-31(33,34)27-14-7-13-26-29(27)35-36(20-21-8-2-1-3-9-21)30(26)23-16-18-24(19-17-23)37-28-15-6-11-22-10-4-5-12-25(22)28/h1-4,6-11,13-19H,5,12,20H2. The Balaban J connectivity index is 1.41. The summed E-state index contributed by atoms with van der Waals surface area (Å²) >= 11 is 0. The Morgan fingerprint density at radius 3 is 2.41 bits per heavy atom. The quantitative estimate of drug-likeness (QED) is 0.244. The highest BCUT2D eigenvalue weighted by atomic mass is 19.4. The van der Waals surface area contributed by atoms with Crippen LogP contribution in [0.5, 0.6) is 11.5 Å². The van der Waals surface area contributed by atoms with E-state index < -0.39 is 11.7 Å². The maximum Gasteiger partial charge on any atom is 0.418 e. The van der Waals surface area contributed by atoms with Gasteiger partial charge in [-0.2, -0.15) is 18.3 Å². The van der Waals surface area contributed by atoms with Crippen molar-refractivity contribution >= 4 is 17.0 Å². The number of allylic oxidation sites excluding steroid dienone is 1. The predicted octanol–water partition coefficient (Wildman–Crippen LogP) is 8.52. The molecule has 1 heterocycles. The number of rotatable bonds is 5. The fourth-order valence-corrected chi connectivity index (χ4v) is 4.90. The first kappa shape index (κ1) is 23.1. The molecule has 3 nitrogen and oxygen atoms in total. The van der Waals surface area contributed by atoms with Crippen LogP contribution in [0.15, 0.2) is 97.1 Å². The van der Waals surface area contributed by atoms with E-state index in [4.69, 9.17) is 4.74 Å². The van der Waals surface area contributed by atoms with E-state index in [-0.39, 0.29) is 5.52 Å². The number of benzene rings is 4. The molecular weight excluding hydrogens is 473 g/mol. The number of alkyl halides is 3. The molecule has 0 N–H and O–H groups in total. The van der Waals surface area contributed by atoms with Crippen molar-refractivity contribution in [2.24, 2.45) is 0 Å². The summed E-state index contributed by atoms with van der Waals surface area (Å²) in [5, 5.41) is 4.91. The summed E-state index contributed by atoms with van der Waals surface area (Å²) in [5.74, 6) is 1.49. The Labute approximate surface area is 212 Å². The molecule has 6 heteroatoms. The van der Waals surface area contributed by atoms with Crippen molar-refractivity contribution in [3.05, 3.63) is 119 Å². The number of hydrogen-bond donors (Lipinski definition) is 0. The third kappa shape index (κ3) is 4.51. The zero-order valence-corrected chi connectivity index (χ0v) is 19.9. The van der Waals surface area contributed by atoms with Gasteiger partial charge in [-0.3, -0.25) is 4.68 Å². The monoisotopic (exact) mass is 496 g/mol. The summed E-state index contributed by atoms with van der Waals surface area (Å²) in [4.78, 5) is 0. The lowest BCUT2D eigenvalue weighted by atomic mass is 9.96. The summed E-state index contributed by atoms with van der Waals surface area (Å²) in [6, 6.07) is 27.3. The maximum absolute atomic E-state index is 13.8. The molecule has 0 radical (unpaired) electrons. The number of ether oxygens (including phenoxy) is 1. The Morgan fingerprint density at radius 2 is 1.62 bits per heavy atom. The van der Waals surface area contributed by atoms with Gasteiger partial charge < -0.3 is 4.74 Å². The Hall–Kier alpha value is -4.32. The lowest BCUT2D eigenvalue weighted by molar-refractivity contribution is -0.136. The van der Waals surface area contributed by atoms with E-state index in [9.17, 15) is 13.2 Å². The first-order valence-electron chi connectivity index (χ1n) is 12.1. The first-order valence-corrected chi connectivity index (χ1v) is 12.1. The molecule has 184 valence electrons. The van der Waals surface area contributed by atoms with Crippen molar-refractivity contribution in [1.29, 1.82) is 0 Å². The molecule has 0 unspecified atom stereocenters. The minimum atomic E-state index is -4.50. The van der Waals surface area contributed by atoms with Crippen molar-refractivity contribution in [2.75, 3.05) is 0 Å². The summed E-state index contributed by atoms with van der Waals surface area (Å²) in [6.45, 7) is 0.351. The van der Waals surface area contributed by atoms with Crippen LogP contribution in [-0.4, -0.2) is 9.78 Å². The van der Waals surface area contributed by atoms with Crippen LogP contribution in [0.25, 0.3) is 28.2 Å². The van der Waals surface area contributed by atoms with Gasteiger partial charge in [0.05, 0.1) is 17.8 Å². The van der Waals surface area contributed by atoms with Gasteiger partial charge in [-0.25, -0.2) is 0 Å². The minimum Gasteiger partial charge on any atom is -0.457 e. The molecule has 0 saturated carbocycles. The van der Waals surface area contributed by atoms with E-state index in [2.05, 4.69) is 23.3 Å². The second-order valence-corrected chi connectivity index (χ2v) is 9.08. The van der Waals surface area contributed by atoms with Crippen LogP contribution in [0.3, 0.4) is 0 Å². The van der Waals surface area contributed by atoms with Crippen LogP contribution >= 0.6 is 0 Å². The second kappa shape index (κ2) is 9.28. The molecule has 0 saturated heterocycles. The molecular formula is C31H23F3N2O. The van der Waals surface area contributed by atoms with Gasteiger partial charge in [-0.1, -0.05) is 66.7 Å². The van der Waals surface area contributed by atoms with E-state index in [1.54, 1.807) is 10.7 Å². The first-order chi connectivity index (χ1) is 18.0. The zero-order valence-electron chi connectivity index (χ0n) is 19.9. The molecule has 4 aromatic carbocycles. The summed E-state index contributed by atoms with van der Waals surface area (Å²) in [6.07, 6.45) is 1.68. The number of nitrogens with zero attached hydrogens (tertiary/aromatic N) is 2. The molecule has 1 aliphatic rings. The van der Waals surface area contributed by atoms with Gasteiger partial charge in [-0.15, -0.1) is 0 Å². The van der Waals surface area contributed by atoms with Crippen molar-refractivity contribution in [3.8, 4) is 22.8 Å². The highest BCUT2D eigenvalue weighted by molar-refractivity contribution is 5.95. The molecule has 5 aromatic rings. The molecule has 0 atom stereocenters. The number of halogens is 3. The van der Waals surface area contributed by atoms with Crippen LogP contribution in [-0.2, 0) is 19.1 Å². The SMILES string of the molecule is FC(F)(F)c1cccc2c(-c3ccc(Oc4cccc5c4CCC=C5)cc3)n(Cc3ccccc3)nc12. The third-order valence-corrected chi connectivity index (χ3v) is 6.63. The third-order valence-electron chi connectivity index (χ3n) is 6.63. The van der Waals surface area contributed by atoms with Crippen molar-refractivity contribution in [2.45, 2.75) is 25.6 Å². The molecule has 0 bridgehead atoms. The van der Waals surface area contributed by atoms with Crippen LogP contribution in [0.4, 0.5) is 13.2 Å². The summed E-state index contributed by atoms with van der Waals surface area (Å²) in [7, 11) is 0. The molecule has 0 spiro atoms. The van der Waals surface area contributed by atoms with Crippen molar-refractivity contribution in [3.63, 3.8) is 0 Å². The maximum atomic E-state index is 13.8. The molecule has 0 aliphatic heterocycles. The zero-order chi connectivity index (χ0) is 25.4. The average Bonchev–Trinajstić information content (AvgIpc) is 3.27. The van der Waals surface area contributed by atoms with E-state index >= 15 is 0 Å². The number of aromatic nitrogens is 2. The molecule has 6 rings (SSSR count). The Kier molecular flexibility index (Phi) is 5.80. The second-order valence-electron chi connectivity index (χ2n) is 9.08. The summed E-state index contributed by atoms with van der Waals surface area (Å²) in [5.41, 5.74) is 3.92. The smallest absolute Gasteiger partial charge is 0.418 e. The lowest BCUT2D eigenvalue weighted by Gasteiger charge is -2.16. The van der Waals surface area contributed by atoms with Crippen LogP contribution in [0.2, 0.25) is 0 Å². The molecule has 37 heavy (non-hydrogen) atoms. The topological polar surface area (TPSA) is 27.1 Å². The van der Waals surface area contributed by atoms with Gasteiger partial charge in [-0.05, 0) is 60.4 Å². The fourth-order valence-electron chi connectivity index (χ4n) is 4.90. The molecule has 0 fully saturated rings. The largest absolute Gasteiger partial charge is 0.457 e. The molecule has 1 aromatic heterocycles. The van der Waals surface area contributed by atoms with Gasteiger partial charge in [0.15, 0.2) is 0 Å². The highest BCUT2D eigenvalue weighted by Crippen LogP contribution is 2.39. The van der Waals surface area contributed by atoms with Crippen LogP contribution in [0.1, 0.15) is 28.7 Å². The van der Waals surface area contributed by atoms with Gasteiger partial charge in [0.1, 0.15) is 17.0 Å². The molecule has 0 amide bonds. The fraction of sp³-hybridized carbons (Fsp3) is 0.129. The van der Waals surface area contributed by atoms with E-state index in [0.29, 0.717) is 23.4 Å². The lowest BCUT2D eigenvalue weighted by Crippen LogP contribution is -2.06. The minimum absolute atomic E-state index is 0.0507. The summed E-state index contributed by atoms with van der Waals surface area (Å²) < 4.78 is 49.3. The average molecular weight is 497 g/mol. The van der Waals surface area contributed by atoms with Crippen molar-refractivity contribution < 1.29 is 17.9 Å². The normalized spacial score (nSPS) is 13.1. The van der Waals surface area contributed by atoms with Gasteiger partial charge >= 0.3 is 6.18 Å². The highest BCUT2D eigenvalue weighted by Gasteiger charge is 2.34. The van der Waals surface area contributed by atoms with E-state index in [1.165, 1.54) is 11.6 Å². The Morgan fingerprint density at radius 1 is 0.838 bits per heavy atom. The van der Waals surface area contributed by atoms with Crippen LogP contribution in [0, 0.1) is 0 Å². The van der Waals surface area contributed by atoms with Crippen LogP contribution < -0.4 is 4.74 Å². The molecule has 1 aliphatic carbocycles. The number of fused-ring (bicyclic) bond motifs is 2. The van der Waals surface area contributed by atoms with Gasteiger partial charge in [0.2, 0.25) is 0 Å². The van der Waals surface area contributed by atoms with E-state index in [0.717, 1.165) is 41.3 Å². The van der Waals surface area contributed by atoms with Crippen molar-refractivity contribution in [1.82, 2.24) is 9.78 Å². The van der Waals surface area contributed by atoms with E-state index in [1.807, 2.05) is 66.7 Å².